The Balaban J connectivity index is 1.39. The molecule has 1 N–H and O–H groups in total. The Bertz CT molecular complexity index is 1320. The molecule has 5 aromatic rings. The van der Waals surface area contributed by atoms with Crippen LogP contribution in [0, 0.1) is 6.92 Å². The quantitative estimate of drug-likeness (QED) is 0.342. The minimum Gasteiger partial charge on any atom is -0.487 e. The second-order valence-corrected chi connectivity index (χ2v) is 8.09. The van der Waals surface area contributed by atoms with Crippen LogP contribution < -0.4 is 10.1 Å². The van der Waals surface area contributed by atoms with Crippen LogP contribution >= 0.6 is 11.3 Å². The molecular formula is C25H20N4OS. The molecule has 5 rings (SSSR count). The number of rotatable bonds is 6. The third kappa shape index (κ3) is 4.25. The number of ether oxygens (including phenoxy) is 1. The SMILES string of the molecule is Cc1cc(Nc2ncnc3ccc(-c4cccs4)cc23)ccc1OCc1ccccn1. The molecule has 0 saturated carbocycles. The Morgan fingerprint density at radius 1 is 0.935 bits per heavy atom. The first-order valence-electron chi connectivity index (χ1n) is 9.95. The highest BCUT2D eigenvalue weighted by Gasteiger charge is 2.09. The summed E-state index contributed by atoms with van der Waals surface area (Å²) in [5, 5.41) is 6.52. The van der Waals surface area contributed by atoms with Gasteiger partial charge in [-0.3, -0.25) is 4.98 Å². The molecule has 0 radical (unpaired) electrons. The van der Waals surface area contributed by atoms with Crippen molar-refractivity contribution in [3.63, 3.8) is 0 Å². The van der Waals surface area contributed by atoms with E-state index in [1.165, 1.54) is 4.88 Å². The summed E-state index contributed by atoms with van der Waals surface area (Å²) in [4.78, 5) is 14.4. The lowest BCUT2D eigenvalue weighted by molar-refractivity contribution is 0.299. The molecule has 6 heteroatoms. The Labute approximate surface area is 184 Å². The monoisotopic (exact) mass is 424 g/mol. The molecule has 0 fully saturated rings. The van der Waals surface area contributed by atoms with Gasteiger partial charge in [0.15, 0.2) is 0 Å². The lowest BCUT2D eigenvalue weighted by Crippen LogP contribution is -2.00. The van der Waals surface area contributed by atoms with E-state index >= 15 is 0 Å². The number of fused-ring (bicyclic) bond motifs is 1. The van der Waals surface area contributed by atoms with Gasteiger partial charge in [0, 0.05) is 22.1 Å². The fourth-order valence-electron chi connectivity index (χ4n) is 3.41. The largest absolute Gasteiger partial charge is 0.487 e. The van der Waals surface area contributed by atoms with Crippen LogP contribution in [0.3, 0.4) is 0 Å². The smallest absolute Gasteiger partial charge is 0.141 e. The molecule has 0 spiro atoms. The van der Waals surface area contributed by atoms with Crippen molar-refractivity contribution in [3.8, 4) is 16.2 Å². The van der Waals surface area contributed by atoms with Gasteiger partial charge < -0.3 is 10.1 Å². The van der Waals surface area contributed by atoms with Crippen molar-refractivity contribution in [2.45, 2.75) is 13.5 Å². The Kier molecular flexibility index (Phi) is 5.29. The van der Waals surface area contributed by atoms with Crippen molar-refractivity contribution < 1.29 is 4.74 Å². The average Bonchev–Trinajstić information content (AvgIpc) is 3.34. The molecule has 0 atom stereocenters. The van der Waals surface area contributed by atoms with Gasteiger partial charge >= 0.3 is 0 Å². The second kappa shape index (κ2) is 8.53. The van der Waals surface area contributed by atoms with E-state index in [1.807, 2.05) is 43.3 Å². The number of hydrogen-bond donors (Lipinski definition) is 1. The maximum atomic E-state index is 5.94. The predicted octanol–water partition coefficient (Wildman–Crippen LogP) is 6.38. The molecule has 31 heavy (non-hydrogen) atoms. The Morgan fingerprint density at radius 2 is 1.90 bits per heavy atom. The van der Waals surface area contributed by atoms with E-state index in [-0.39, 0.29) is 0 Å². The molecule has 0 aliphatic carbocycles. The van der Waals surface area contributed by atoms with E-state index in [9.17, 15) is 0 Å². The lowest BCUT2D eigenvalue weighted by Gasteiger charge is -2.13. The molecule has 2 aromatic carbocycles. The maximum Gasteiger partial charge on any atom is 0.141 e. The number of aryl methyl sites for hydroxylation is 1. The molecule has 0 saturated heterocycles. The van der Waals surface area contributed by atoms with Crippen molar-refractivity contribution >= 4 is 33.7 Å². The average molecular weight is 425 g/mol. The molecule has 0 aliphatic heterocycles. The number of thiophene rings is 1. The summed E-state index contributed by atoms with van der Waals surface area (Å²) in [7, 11) is 0. The molecular weight excluding hydrogens is 404 g/mol. The van der Waals surface area contributed by atoms with Crippen LogP contribution in [0.1, 0.15) is 11.3 Å². The fraction of sp³-hybridized carbons (Fsp3) is 0.0800. The van der Waals surface area contributed by atoms with Crippen LogP contribution in [0.5, 0.6) is 5.75 Å². The highest BCUT2D eigenvalue weighted by Crippen LogP contribution is 2.31. The van der Waals surface area contributed by atoms with Gasteiger partial charge in [-0.15, -0.1) is 11.3 Å². The van der Waals surface area contributed by atoms with Crippen LogP contribution in [0.15, 0.2) is 84.6 Å². The molecule has 3 aromatic heterocycles. The summed E-state index contributed by atoms with van der Waals surface area (Å²) in [6.45, 7) is 2.47. The van der Waals surface area contributed by atoms with Gasteiger partial charge in [-0.05, 0) is 72.0 Å². The first-order valence-corrected chi connectivity index (χ1v) is 10.8. The van der Waals surface area contributed by atoms with Gasteiger partial charge in [-0.1, -0.05) is 18.2 Å². The van der Waals surface area contributed by atoms with E-state index in [1.54, 1.807) is 23.9 Å². The number of anilines is 2. The lowest BCUT2D eigenvalue weighted by atomic mass is 10.1. The third-order valence-corrected chi connectivity index (χ3v) is 5.90. The number of benzene rings is 2. The summed E-state index contributed by atoms with van der Waals surface area (Å²) in [5.41, 5.74) is 4.96. The van der Waals surface area contributed by atoms with E-state index in [0.717, 1.165) is 45.0 Å². The van der Waals surface area contributed by atoms with Gasteiger partial charge in [-0.25, -0.2) is 9.97 Å². The van der Waals surface area contributed by atoms with Crippen molar-refractivity contribution in [1.82, 2.24) is 15.0 Å². The molecule has 0 unspecified atom stereocenters. The summed E-state index contributed by atoms with van der Waals surface area (Å²) in [6.07, 6.45) is 3.36. The number of nitrogens with one attached hydrogen (secondary N) is 1. The maximum absolute atomic E-state index is 5.94. The number of nitrogens with zero attached hydrogens (tertiary/aromatic N) is 3. The zero-order valence-electron chi connectivity index (χ0n) is 16.9. The van der Waals surface area contributed by atoms with E-state index in [0.29, 0.717) is 6.61 Å². The number of aromatic nitrogens is 3. The van der Waals surface area contributed by atoms with Crippen molar-refractivity contribution in [3.05, 3.63) is 95.9 Å². The van der Waals surface area contributed by atoms with Gasteiger partial charge in [0.25, 0.3) is 0 Å². The van der Waals surface area contributed by atoms with Gasteiger partial charge in [0.2, 0.25) is 0 Å². The first-order chi connectivity index (χ1) is 15.3. The van der Waals surface area contributed by atoms with Crippen molar-refractivity contribution in [2.24, 2.45) is 0 Å². The normalized spacial score (nSPS) is 10.9. The van der Waals surface area contributed by atoms with E-state index in [2.05, 4.69) is 56.0 Å². The summed E-state index contributed by atoms with van der Waals surface area (Å²) >= 11 is 1.72. The second-order valence-electron chi connectivity index (χ2n) is 7.15. The van der Waals surface area contributed by atoms with Gasteiger partial charge in [0.05, 0.1) is 11.2 Å². The molecule has 0 amide bonds. The Morgan fingerprint density at radius 3 is 2.71 bits per heavy atom. The molecule has 5 nitrogen and oxygen atoms in total. The van der Waals surface area contributed by atoms with Crippen LogP contribution in [0.4, 0.5) is 11.5 Å². The molecule has 0 bridgehead atoms. The van der Waals surface area contributed by atoms with Crippen LogP contribution in [-0.2, 0) is 6.61 Å². The summed E-state index contributed by atoms with van der Waals surface area (Å²) < 4.78 is 5.94. The zero-order chi connectivity index (χ0) is 21.0. The number of pyridine rings is 1. The first kappa shape index (κ1) is 19.2. The minimum absolute atomic E-state index is 0.441. The van der Waals surface area contributed by atoms with Crippen LogP contribution in [-0.4, -0.2) is 15.0 Å². The van der Waals surface area contributed by atoms with E-state index < -0.39 is 0 Å². The summed E-state index contributed by atoms with van der Waals surface area (Å²) in [5.74, 6) is 1.62. The van der Waals surface area contributed by atoms with Crippen LogP contribution in [0.25, 0.3) is 21.3 Å². The highest BCUT2D eigenvalue weighted by molar-refractivity contribution is 7.13. The standard InChI is InChI=1S/C25H20N4OS/c1-17-13-19(8-10-23(17)30-15-20-5-2-3-11-26-20)29-25-21-14-18(24-6-4-12-31-24)7-9-22(21)27-16-28-25/h2-14,16H,15H2,1H3,(H,27,28,29). The third-order valence-electron chi connectivity index (χ3n) is 4.98. The minimum atomic E-state index is 0.441. The molecule has 152 valence electrons. The van der Waals surface area contributed by atoms with Crippen molar-refractivity contribution in [1.29, 1.82) is 0 Å². The van der Waals surface area contributed by atoms with Crippen LogP contribution in [0.2, 0.25) is 0 Å². The van der Waals surface area contributed by atoms with Gasteiger partial charge in [0.1, 0.15) is 24.5 Å². The summed E-state index contributed by atoms with van der Waals surface area (Å²) in [6, 6.07) is 22.3. The molecule has 3 heterocycles. The number of hydrogen-bond acceptors (Lipinski definition) is 6. The topological polar surface area (TPSA) is 59.9 Å². The fourth-order valence-corrected chi connectivity index (χ4v) is 4.14. The van der Waals surface area contributed by atoms with E-state index in [4.69, 9.17) is 4.74 Å². The highest BCUT2D eigenvalue weighted by atomic mass is 32.1. The predicted molar refractivity (Wildman–Crippen MR) is 126 cm³/mol. The zero-order valence-corrected chi connectivity index (χ0v) is 17.8. The molecule has 0 aliphatic rings. The van der Waals surface area contributed by atoms with Crippen molar-refractivity contribution in [2.75, 3.05) is 5.32 Å². The Hall–Kier alpha value is -3.77. The van der Waals surface area contributed by atoms with Gasteiger partial charge in [-0.2, -0.15) is 0 Å².